The molecule has 1 unspecified atom stereocenters. The van der Waals surface area contributed by atoms with Gasteiger partial charge in [-0.2, -0.15) is 0 Å². The lowest BCUT2D eigenvalue weighted by atomic mass is 9.96. The summed E-state index contributed by atoms with van der Waals surface area (Å²) in [6.45, 7) is 7.42. The van der Waals surface area contributed by atoms with Crippen molar-refractivity contribution < 1.29 is 38.0 Å². The number of halogens is 1. The van der Waals surface area contributed by atoms with Crippen LogP contribution in [-0.4, -0.2) is 49.5 Å². The van der Waals surface area contributed by atoms with Crippen LogP contribution >= 0.6 is 0 Å². The van der Waals surface area contributed by atoms with Crippen molar-refractivity contribution >= 4 is 11.9 Å². The second-order valence-electron chi connectivity index (χ2n) is 11.1. The Kier molecular flexibility index (Phi) is 12.5. The molecule has 0 aromatic heterocycles. The first-order valence-corrected chi connectivity index (χ1v) is 16.0. The van der Waals surface area contributed by atoms with Crippen LogP contribution in [-0.2, 0) is 33.6 Å². The lowest BCUT2D eigenvalue weighted by Gasteiger charge is -2.28. The number of phenolic OH excluding ortho intramolecular Hbond substituents is 1. The molecule has 0 aliphatic carbocycles. The van der Waals surface area contributed by atoms with Crippen LogP contribution in [0.4, 0.5) is 4.39 Å². The van der Waals surface area contributed by atoms with Gasteiger partial charge in [-0.25, -0.2) is 4.39 Å². The van der Waals surface area contributed by atoms with Gasteiger partial charge in [0.2, 0.25) is 0 Å². The zero-order valence-corrected chi connectivity index (χ0v) is 26.5. The molecule has 0 saturated carbocycles. The van der Waals surface area contributed by atoms with E-state index in [-0.39, 0.29) is 36.4 Å². The van der Waals surface area contributed by atoms with Crippen molar-refractivity contribution in [2.24, 2.45) is 0 Å². The summed E-state index contributed by atoms with van der Waals surface area (Å²) in [5.41, 5.74) is 4.31. The molecule has 0 bridgehead atoms. The molecule has 3 aromatic carbocycles. The van der Waals surface area contributed by atoms with Crippen molar-refractivity contribution in [1.82, 2.24) is 5.32 Å². The number of aromatic hydroxyl groups is 1. The summed E-state index contributed by atoms with van der Waals surface area (Å²) in [5.74, 6) is 1.23. The minimum absolute atomic E-state index is 0.0739. The second-order valence-corrected chi connectivity index (χ2v) is 11.1. The van der Waals surface area contributed by atoms with Crippen molar-refractivity contribution in [2.75, 3.05) is 26.4 Å². The van der Waals surface area contributed by atoms with Crippen molar-refractivity contribution in [3.05, 3.63) is 71.0 Å². The molecule has 9 heteroatoms. The van der Waals surface area contributed by atoms with Crippen LogP contribution in [0.3, 0.4) is 0 Å². The third-order valence-corrected chi connectivity index (χ3v) is 7.64. The van der Waals surface area contributed by atoms with E-state index in [0.717, 1.165) is 47.3 Å². The molecule has 1 aliphatic rings. The van der Waals surface area contributed by atoms with E-state index in [9.17, 15) is 19.1 Å². The highest BCUT2D eigenvalue weighted by Gasteiger charge is 2.29. The highest BCUT2D eigenvalue weighted by molar-refractivity contribution is 5.82. The SMILES string of the molecule is CCCOC(=O)CCNC(=O)C1CCc2ccc(OCCCOc3cc(O)c(-c4ccc(F)cc4)cc3CC)c(CCC)c2O1. The van der Waals surface area contributed by atoms with Crippen LogP contribution in [0.1, 0.15) is 69.6 Å². The molecule has 0 saturated heterocycles. The summed E-state index contributed by atoms with van der Waals surface area (Å²) in [6.07, 6.45) is 4.46. The summed E-state index contributed by atoms with van der Waals surface area (Å²) >= 11 is 0. The van der Waals surface area contributed by atoms with Crippen LogP contribution in [0, 0.1) is 5.82 Å². The number of carbonyl (C=O) groups is 2. The molecular formula is C36H44FNO7. The largest absolute Gasteiger partial charge is 0.507 e. The van der Waals surface area contributed by atoms with Crippen LogP contribution < -0.4 is 19.5 Å². The fraction of sp³-hybridized carbons (Fsp3) is 0.444. The number of hydrogen-bond acceptors (Lipinski definition) is 7. The van der Waals surface area contributed by atoms with E-state index in [2.05, 4.69) is 12.2 Å². The number of hydrogen-bond donors (Lipinski definition) is 2. The maximum Gasteiger partial charge on any atom is 0.307 e. The average Bonchev–Trinajstić information content (AvgIpc) is 3.04. The monoisotopic (exact) mass is 621 g/mol. The van der Waals surface area contributed by atoms with E-state index in [1.165, 1.54) is 12.1 Å². The Balaban J connectivity index is 1.32. The Morgan fingerprint density at radius 1 is 0.978 bits per heavy atom. The first kappa shape index (κ1) is 33.6. The van der Waals surface area contributed by atoms with Gasteiger partial charge in [-0.3, -0.25) is 9.59 Å². The minimum atomic E-state index is -0.637. The van der Waals surface area contributed by atoms with Gasteiger partial charge in [0.25, 0.3) is 5.91 Å². The number of phenols is 1. The maximum absolute atomic E-state index is 13.4. The van der Waals surface area contributed by atoms with Gasteiger partial charge in [-0.05, 0) is 73.1 Å². The predicted molar refractivity (Wildman–Crippen MR) is 171 cm³/mol. The molecule has 242 valence electrons. The summed E-state index contributed by atoms with van der Waals surface area (Å²) < 4.78 is 36.9. The number of ether oxygens (including phenoxy) is 4. The zero-order chi connectivity index (χ0) is 32.2. The predicted octanol–water partition coefficient (Wildman–Crippen LogP) is 6.71. The Morgan fingerprint density at radius 2 is 1.73 bits per heavy atom. The number of nitrogens with one attached hydrogen (secondary N) is 1. The molecule has 8 nitrogen and oxygen atoms in total. The molecular weight excluding hydrogens is 577 g/mol. The molecule has 1 atom stereocenters. The lowest BCUT2D eigenvalue weighted by Crippen LogP contribution is -2.41. The summed E-state index contributed by atoms with van der Waals surface area (Å²) in [7, 11) is 0. The summed E-state index contributed by atoms with van der Waals surface area (Å²) in [4.78, 5) is 24.6. The van der Waals surface area contributed by atoms with Gasteiger partial charge in [0.05, 0.1) is 26.2 Å². The third kappa shape index (κ3) is 9.12. The van der Waals surface area contributed by atoms with E-state index in [1.807, 2.05) is 32.0 Å². The molecule has 3 aromatic rings. The second kappa shape index (κ2) is 16.7. The fourth-order valence-corrected chi connectivity index (χ4v) is 5.29. The van der Waals surface area contributed by atoms with Crippen LogP contribution in [0.2, 0.25) is 0 Å². The first-order valence-electron chi connectivity index (χ1n) is 16.0. The lowest BCUT2D eigenvalue weighted by molar-refractivity contribution is -0.143. The van der Waals surface area contributed by atoms with E-state index < -0.39 is 6.10 Å². The van der Waals surface area contributed by atoms with Gasteiger partial charge in [0.1, 0.15) is 28.8 Å². The minimum Gasteiger partial charge on any atom is -0.507 e. The van der Waals surface area contributed by atoms with E-state index in [1.54, 1.807) is 18.2 Å². The molecule has 0 spiro atoms. The van der Waals surface area contributed by atoms with Gasteiger partial charge >= 0.3 is 5.97 Å². The van der Waals surface area contributed by atoms with Crippen LogP contribution in [0.25, 0.3) is 11.1 Å². The van der Waals surface area contributed by atoms with E-state index in [0.29, 0.717) is 62.6 Å². The topological polar surface area (TPSA) is 103 Å². The van der Waals surface area contributed by atoms with Crippen molar-refractivity contribution in [3.63, 3.8) is 0 Å². The van der Waals surface area contributed by atoms with Crippen molar-refractivity contribution in [2.45, 2.75) is 78.2 Å². The number of fused-ring (bicyclic) bond motifs is 1. The standard InChI is InChI=1S/C36H44FNO7/c1-4-8-28-31(15-11-26-12-16-32(45-35(26)28)36(41)38-18-17-34(40)44-19-5-2)42-20-7-21-43-33-23-30(39)29(22-24(33)6-3)25-9-13-27(37)14-10-25/h9-11,13-15,22-23,32,39H,4-8,12,16-21H2,1-3H3,(H,38,41). The Hall–Kier alpha value is -4.27. The number of rotatable bonds is 16. The Labute approximate surface area is 264 Å². The molecule has 1 amide bonds. The molecule has 2 N–H and O–H groups in total. The molecule has 1 aliphatic heterocycles. The van der Waals surface area contributed by atoms with Gasteiger partial charge in [0.15, 0.2) is 6.10 Å². The highest BCUT2D eigenvalue weighted by Crippen LogP contribution is 2.39. The highest BCUT2D eigenvalue weighted by atomic mass is 19.1. The normalized spacial score (nSPS) is 13.8. The number of aryl methyl sites for hydroxylation is 2. The van der Waals surface area contributed by atoms with Gasteiger partial charge in [-0.15, -0.1) is 0 Å². The molecule has 45 heavy (non-hydrogen) atoms. The molecule has 4 rings (SSSR count). The fourth-order valence-electron chi connectivity index (χ4n) is 5.29. The number of esters is 1. The Bertz CT molecular complexity index is 1440. The average molecular weight is 622 g/mol. The summed E-state index contributed by atoms with van der Waals surface area (Å²) in [6, 6.07) is 13.5. The molecule has 0 radical (unpaired) electrons. The third-order valence-electron chi connectivity index (χ3n) is 7.64. The van der Waals surface area contributed by atoms with E-state index >= 15 is 0 Å². The van der Waals surface area contributed by atoms with Crippen molar-refractivity contribution in [1.29, 1.82) is 0 Å². The smallest absolute Gasteiger partial charge is 0.307 e. The van der Waals surface area contributed by atoms with E-state index in [4.69, 9.17) is 18.9 Å². The number of amides is 1. The summed E-state index contributed by atoms with van der Waals surface area (Å²) in [5, 5.41) is 13.5. The zero-order valence-electron chi connectivity index (χ0n) is 26.5. The number of carbonyl (C=O) groups excluding carboxylic acids is 2. The van der Waals surface area contributed by atoms with Crippen LogP contribution in [0.5, 0.6) is 23.0 Å². The molecule has 0 fully saturated rings. The van der Waals surface area contributed by atoms with Crippen molar-refractivity contribution in [3.8, 4) is 34.1 Å². The first-order chi connectivity index (χ1) is 21.8. The quantitative estimate of drug-likeness (QED) is 0.135. The van der Waals surface area contributed by atoms with Crippen LogP contribution in [0.15, 0.2) is 48.5 Å². The maximum atomic E-state index is 13.4. The van der Waals surface area contributed by atoms with Gasteiger partial charge < -0.3 is 29.4 Å². The number of benzene rings is 3. The molecule has 1 heterocycles. The van der Waals surface area contributed by atoms with Gasteiger partial charge in [0, 0.05) is 30.2 Å². The Morgan fingerprint density at radius 3 is 2.44 bits per heavy atom. The van der Waals surface area contributed by atoms with Gasteiger partial charge in [-0.1, -0.05) is 45.4 Å².